The van der Waals surface area contributed by atoms with E-state index in [0.29, 0.717) is 0 Å². The van der Waals surface area contributed by atoms with Crippen LogP contribution >= 0.6 is 0 Å². The average molecular weight is 295 g/mol. The fraction of sp³-hybridized carbons (Fsp3) is 0.500. The molecule has 0 N–H and O–H groups in total. The van der Waals surface area contributed by atoms with Crippen LogP contribution in [0.25, 0.3) is 11.4 Å². The van der Waals surface area contributed by atoms with Crippen LogP contribution < -0.4 is 0 Å². The number of hydrogen-bond acceptors (Lipinski definition) is 2. The molecule has 0 amide bonds. The van der Waals surface area contributed by atoms with E-state index < -0.39 is 0 Å². The first-order valence-electron chi connectivity index (χ1n) is 8.68. The Morgan fingerprint density at radius 1 is 0.864 bits per heavy atom. The van der Waals surface area contributed by atoms with Crippen molar-refractivity contribution in [2.45, 2.75) is 64.7 Å². The molecule has 0 saturated heterocycles. The van der Waals surface area contributed by atoms with Gasteiger partial charge in [-0.1, -0.05) is 76.1 Å². The summed E-state index contributed by atoms with van der Waals surface area (Å²) in [6.07, 6.45) is 13.7. The number of unbranched alkanes of at least 4 members (excludes halogenated alkanes) is 7. The van der Waals surface area contributed by atoms with E-state index in [9.17, 15) is 0 Å². The highest BCUT2D eigenvalue weighted by Crippen LogP contribution is 2.15. The molecule has 22 heavy (non-hydrogen) atoms. The fourth-order valence-corrected chi connectivity index (χ4v) is 2.65. The lowest BCUT2D eigenvalue weighted by Crippen LogP contribution is -1.95. The van der Waals surface area contributed by atoms with Crippen molar-refractivity contribution in [3.05, 3.63) is 48.3 Å². The Balaban J connectivity index is 1.70. The van der Waals surface area contributed by atoms with Crippen LogP contribution in [0.1, 0.15) is 64.0 Å². The molecule has 0 fully saturated rings. The summed E-state index contributed by atoms with van der Waals surface area (Å²) in [5, 5.41) is 0. The van der Waals surface area contributed by atoms with Gasteiger partial charge in [0, 0.05) is 17.5 Å². The Morgan fingerprint density at radius 2 is 1.55 bits per heavy atom. The molecule has 0 aliphatic heterocycles. The molecule has 0 bridgehead atoms. The van der Waals surface area contributed by atoms with Crippen molar-refractivity contribution in [2.24, 2.45) is 0 Å². The van der Waals surface area contributed by atoms with Gasteiger partial charge in [0.25, 0.3) is 0 Å². The van der Waals surface area contributed by atoms with Gasteiger partial charge >= 0.3 is 0 Å². The van der Waals surface area contributed by atoms with Crippen LogP contribution in [0, 0.1) is 6.07 Å². The quantitative estimate of drug-likeness (QED) is 0.531. The average Bonchev–Trinajstić information content (AvgIpc) is 2.58. The first-order valence-corrected chi connectivity index (χ1v) is 8.68. The lowest BCUT2D eigenvalue weighted by atomic mass is 10.1. The molecule has 0 spiro atoms. The molecular weight excluding hydrogens is 268 g/mol. The minimum absolute atomic E-state index is 0.825. The SMILES string of the molecule is CCCCCCCCCCc1ccnc(-c2cc[c]cc2)n1. The molecule has 0 saturated carbocycles. The molecule has 2 heteroatoms. The van der Waals surface area contributed by atoms with Crippen LogP contribution in [0.2, 0.25) is 0 Å². The second-order valence-corrected chi connectivity index (χ2v) is 5.89. The summed E-state index contributed by atoms with van der Waals surface area (Å²) in [6, 6.07) is 12.9. The predicted molar refractivity (Wildman–Crippen MR) is 92.6 cm³/mol. The van der Waals surface area contributed by atoms with E-state index in [1.54, 1.807) is 0 Å². The molecule has 0 atom stereocenters. The molecule has 1 aromatic heterocycles. The van der Waals surface area contributed by atoms with E-state index in [0.717, 1.165) is 23.5 Å². The third-order valence-electron chi connectivity index (χ3n) is 3.98. The molecule has 2 rings (SSSR count). The highest BCUT2D eigenvalue weighted by Gasteiger charge is 2.02. The highest BCUT2D eigenvalue weighted by molar-refractivity contribution is 5.54. The molecule has 1 aromatic carbocycles. The molecule has 2 nitrogen and oxygen atoms in total. The van der Waals surface area contributed by atoms with Crippen molar-refractivity contribution in [2.75, 3.05) is 0 Å². The maximum absolute atomic E-state index is 4.68. The summed E-state index contributed by atoms with van der Waals surface area (Å²) in [6.45, 7) is 2.27. The summed E-state index contributed by atoms with van der Waals surface area (Å²) < 4.78 is 0. The van der Waals surface area contributed by atoms with Crippen molar-refractivity contribution in [1.29, 1.82) is 0 Å². The maximum Gasteiger partial charge on any atom is 0.159 e. The van der Waals surface area contributed by atoms with Gasteiger partial charge in [0.2, 0.25) is 0 Å². The Hall–Kier alpha value is -1.70. The fourth-order valence-electron chi connectivity index (χ4n) is 2.65. The van der Waals surface area contributed by atoms with E-state index in [2.05, 4.69) is 23.0 Å². The van der Waals surface area contributed by atoms with Gasteiger partial charge in [-0.15, -0.1) is 0 Å². The molecule has 0 unspecified atom stereocenters. The zero-order valence-electron chi connectivity index (χ0n) is 13.7. The van der Waals surface area contributed by atoms with Gasteiger partial charge in [-0.05, 0) is 25.0 Å². The highest BCUT2D eigenvalue weighted by atomic mass is 14.9. The van der Waals surface area contributed by atoms with Gasteiger partial charge in [-0.25, -0.2) is 9.97 Å². The summed E-state index contributed by atoms with van der Waals surface area (Å²) in [5.41, 5.74) is 2.22. The van der Waals surface area contributed by atoms with E-state index in [4.69, 9.17) is 0 Å². The molecular formula is C20H27N2. The molecule has 1 radical (unpaired) electrons. The minimum Gasteiger partial charge on any atom is -0.237 e. The topological polar surface area (TPSA) is 25.8 Å². The van der Waals surface area contributed by atoms with Crippen LogP contribution in [0.15, 0.2) is 36.5 Å². The van der Waals surface area contributed by atoms with E-state index in [1.165, 1.54) is 51.4 Å². The largest absolute Gasteiger partial charge is 0.237 e. The minimum atomic E-state index is 0.825. The lowest BCUT2D eigenvalue weighted by molar-refractivity contribution is 0.574. The van der Waals surface area contributed by atoms with Crippen LogP contribution in [0.5, 0.6) is 0 Å². The number of benzene rings is 1. The van der Waals surface area contributed by atoms with Crippen molar-refractivity contribution in [1.82, 2.24) is 9.97 Å². The Morgan fingerprint density at radius 3 is 2.27 bits per heavy atom. The third kappa shape index (κ3) is 5.97. The molecule has 0 aliphatic carbocycles. The van der Waals surface area contributed by atoms with Crippen molar-refractivity contribution in [3.8, 4) is 11.4 Å². The van der Waals surface area contributed by atoms with Gasteiger partial charge in [-0.2, -0.15) is 0 Å². The Kier molecular flexibility index (Phi) is 7.65. The van der Waals surface area contributed by atoms with Gasteiger partial charge in [0.15, 0.2) is 5.82 Å². The second kappa shape index (κ2) is 10.1. The molecule has 2 aromatic rings. The van der Waals surface area contributed by atoms with Crippen molar-refractivity contribution in [3.63, 3.8) is 0 Å². The standard InChI is InChI=1S/C20H27N2/c1-2-3-4-5-6-7-8-12-15-19-16-17-21-20(22-19)18-13-10-9-11-14-18/h10-11,13-14,16-17H,2-8,12,15H2,1H3. The summed E-state index contributed by atoms with van der Waals surface area (Å²) >= 11 is 0. The molecule has 117 valence electrons. The maximum atomic E-state index is 4.68. The lowest BCUT2D eigenvalue weighted by Gasteiger charge is -2.04. The summed E-state index contributed by atoms with van der Waals surface area (Å²) in [5.74, 6) is 0.825. The van der Waals surface area contributed by atoms with Gasteiger partial charge in [0.1, 0.15) is 0 Å². The third-order valence-corrected chi connectivity index (χ3v) is 3.98. The summed E-state index contributed by atoms with van der Waals surface area (Å²) in [7, 11) is 0. The number of aromatic nitrogens is 2. The number of rotatable bonds is 10. The van der Waals surface area contributed by atoms with Gasteiger partial charge in [-0.3, -0.25) is 0 Å². The van der Waals surface area contributed by atoms with E-state index in [1.807, 2.05) is 36.5 Å². The zero-order chi connectivity index (χ0) is 15.5. The number of aryl methyl sites for hydroxylation is 1. The van der Waals surface area contributed by atoms with E-state index >= 15 is 0 Å². The predicted octanol–water partition coefficient (Wildman–Crippen LogP) is 5.63. The first kappa shape index (κ1) is 16.7. The Labute approximate surface area is 135 Å². The van der Waals surface area contributed by atoms with Crippen molar-refractivity contribution < 1.29 is 0 Å². The van der Waals surface area contributed by atoms with E-state index in [-0.39, 0.29) is 0 Å². The van der Waals surface area contributed by atoms with Crippen LogP contribution in [-0.4, -0.2) is 9.97 Å². The van der Waals surface area contributed by atoms with Gasteiger partial charge in [0.05, 0.1) is 0 Å². The van der Waals surface area contributed by atoms with Crippen LogP contribution in [-0.2, 0) is 6.42 Å². The van der Waals surface area contributed by atoms with Crippen LogP contribution in [0.4, 0.5) is 0 Å². The normalized spacial score (nSPS) is 10.8. The summed E-state index contributed by atoms with van der Waals surface area (Å²) in [4.78, 5) is 9.05. The second-order valence-electron chi connectivity index (χ2n) is 5.89. The molecule has 0 aliphatic rings. The monoisotopic (exact) mass is 295 g/mol. The number of nitrogens with zero attached hydrogens (tertiary/aromatic N) is 2. The Bertz CT molecular complexity index is 522. The van der Waals surface area contributed by atoms with Crippen LogP contribution in [0.3, 0.4) is 0 Å². The zero-order valence-corrected chi connectivity index (χ0v) is 13.7. The first-order chi connectivity index (χ1) is 10.9. The number of hydrogen-bond donors (Lipinski definition) is 0. The van der Waals surface area contributed by atoms with Gasteiger partial charge < -0.3 is 0 Å². The smallest absolute Gasteiger partial charge is 0.159 e. The molecule has 1 heterocycles. The van der Waals surface area contributed by atoms with Crippen molar-refractivity contribution >= 4 is 0 Å².